The quantitative estimate of drug-likeness (QED) is 0.667. The molecule has 0 bridgehead atoms. The summed E-state index contributed by atoms with van der Waals surface area (Å²) < 4.78 is 0. The average molecular weight is 281 g/mol. The third kappa shape index (κ3) is 2.58. The van der Waals surface area contributed by atoms with Crippen molar-refractivity contribution in [1.29, 1.82) is 0 Å². The topological polar surface area (TPSA) is 75.4 Å². The van der Waals surface area contributed by atoms with E-state index in [1.807, 2.05) is 30.3 Å². The molecule has 3 rings (SSSR count). The average Bonchev–Trinajstić information content (AvgIpc) is 2.76. The van der Waals surface area contributed by atoms with E-state index in [0.717, 1.165) is 10.5 Å². The van der Waals surface area contributed by atoms with Crippen molar-refractivity contribution in [3.05, 3.63) is 60.2 Å². The van der Waals surface area contributed by atoms with E-state index in [2.05, 4.69) is 5.32 Å². The number of nitrogens with zero attached hydrogens (tertiary/aromatic N) is 1. The molecule has 5 heteroatoms. The van der Waals surface area contributed by atoms with Crippen LogP contribution in [0.1, 0.15) is 5.56 Å². The lowest BCUT2D eigenvalue weighted by Gasteiger charge is -2.13. The molecule has 0 radical (unpaired) electrons. The number of carbonyl (C=O) groups excluding carboxylic acids is 2. The Bertz CT molecular complexity index is 668. The maximum absolute atomic E-state index is 12.4. The summed E-state index contributed by atoms with van der Waals surface area (Å²) in [5, 5.41) is 2.72. The van der Waals surface area contributed by atoms with Crippen molar-refractivity contribution >= 4 is 23.3 Å². The van der Waals surface area contributed by atoms with Crippen molar-refractivity contribution < 1.29 is 9.59 Å². The van der Waals surface area contributed by atoms with Gasteiger partial charge in [-0.3, -0.25) is 4.79 Å². The van der Waals surface area contributed by atoms with Crippen molar-refractivity contribution in [2.24, 2.45) is 0 Å². The maximum Gasteiger partial charge on any atom is 0.329 e. The zero-order valence-corrected chi connectivity index (χ0v) is 11.3. The first kappa shape index (κ1) is 13.2. The predicted molar refractivity (Wildman–Crippen MR) is 80.8 cm³/mol. The molecule has 1 aliphatic heterocycles. The zero-order valence-electron chi connectivity index (χ0n) is 11.3. The third-order valence-electron chi connectivity index (χ3n) is 3.45. The Morgan fingerprint density at radius 3 is 2.33 bits per heavy atom. The lowest BCUT2D eigenvalue weighted by Crippen LogP contribution is -2.32. The van der Waals surface area contributed by atoms with Crippen molar-refractivity contribution in [2.75, 3.05) is 10.6 Å². The van der Waals surface area contributed by atoms with Gasteiger partial charge in [0, 0.05) is 12.1 Å². The number of imide groups is 1. The van der Waals surface area contributed by atoms with Crippen LogP contribution in [0, 0.1) is 0 Å². The molecule has 21 heavy (non-hydrogen) atoms. The second-order valence-electron chi connectivity index (χ2n) is 4.96. The highest BCUT2D eigenvalue weighted by Gasteiger charge is 2.38. The Hall–Kier alpha value is -2.82. The fraction of sp³-hybridized carbons (Fsp3) is 0.125. The van der Waals surface area contributed by atoms with Crippen LogP contribution in [0.2, 0.25) is 0 Å². The maximum atomic E-state index is 12.4. The van der Waals surface area contributed by atoms with Gasteiger partial charge in [-0.05, 0) is 29.8 Å². The Labute approximate surface area is 122 Å². The number of anilines is 2. The smallest absolute Gasteiger partial charge is 0.329 e. The molecule has 1 saturated heterocycles. The highest BCUT2D eigenvalue weighted by atomic mass is 16.2. The highest BCUT2D eigenvalue weighted by molar-refractivity contribution is 6.21. The van der Waals surface area contributed by atoms with Gasteiger partial charge >= 0.3 is 6.03 Å². The van der Waals surface area contributed by atoms with Gasteiger partial charge in [-0.2, -0.15) is 0 Å². The summed E-state index contributed by atoms with van der Waals surface area (Å²) in [5.74, 6) is -0.242. The second-order valence-corrected chi connectivity index (χ2v) is 4.96. The van der Waals surface area contributed by atoms with Crippen LogP contribution in [0.4, 0.5) is 16.2 Å². The van der Waals surface area contributed by atoms with Crippen LogP contribution < -0.4 is 16.0 Å². The van der Waals surface area contributed by atoms with E-state index in [4.69, 9.17) is 5.73 Å². The van der Waals surface area contributed by atoms with Gasteiger partial charge in [0.25, 0.3) is 5.91 Å². The molecule has 106 valence electrons. The molecule has 5 nitrogen and oxygen atoms in total. The monoisotopic (exact) mass is 281 g/mol. The van der Waals surface area contributed by atoms with Gasteiger partial charge in [-0.15, -0.1) is 0 Å². The van der Waals surface area contributed by atoms with Gasteiger partial charge in [0.05, 0.1) is 5.69 Å². The molecule has 1 unspecified atom stereocenters. The van der Waals surface area contributed by atoms with Gasteiger partial charge in [-0.1, -0.05) is 30.3 Å². The van der Waals surface area contributed by atoms with E-state index in [0.29, 0.717) is 17.8 Å². The molecule has 0 spiro atoms. The number of benzene rings is 2. The van der Waals surface area contributed by atoms with Crippen LogP contribution in [0.15, 0.2) is 54.6 Å². The fourth-order valence-electron chi connectivity index (χ4n) is 2.39. The number of hydrogen-bond donors (Lipinski definition) is 2. The van der Waals surface area contributed by atoms with Gasteiger partial charge in [0.1, 0.15) is 6.04 Å². The molecule has 0 aromatic heterocycles. The van der Waals surface area contributed by atoms with Crippen molar-refractivity contribution in [1.82, 2.24) is 5.32 Å². The summed E-state index contributed by atoms with van der Waals surface area (Å²) in [7, 11) is 0. The number of nitrogens with two attached hydrogens (primary N) is 1. The minimum absolute atomic E-state index is 0.242. The summed E-state index contributed by atoms with van der Waals surface area (Å²) in [5.41, 5.74) is 7.75. The largest absolute Gasteiger partial charge is 0.399 e. The van der Waals surface area contributed by atoms with E-state index in [1.54, 1.807) is 24.3 Å². The molecule has 0 saturated carbocycles. The van der Waals surface area contributed by atoms with Crippen LogP contribution in [0.5, 0.6) is 0 Å². The molecule has 1 heterocycles. The second kappa shape index (κ2) is 5.28. The van der Waals surface area contributed by atoms with E-state index in [-0.39, 0.29) is 5.91 Å². The standard InChI is InChI=1S/C16H15N3O2/c17-12-6-8-13(9-7-12)19-15(20)14(18-16(19)21)10-11-4-2-1-3-5-11/h1-9,14H,10,17H2,(H,18,21). The number of urea groups is 1. The van der Waals surface area contributed by atoms with E-state index >= 15 is 0 Å². The summed E-state index contributed by atoms with van der Waals surface area (Å²) in [6, 6.07) is 15.3. The molecule has 1 atom stereocenters. The molecule has 3 N–H and O–H groups in total. The molecular formula is C16H15N3O2. The number of nitrogen functional groups attached to an aromatic ring is 1. The number of rotatable bonds is 3. The molecule has 3 amide bonds. The van der Waals surface area contributed by atoms with E-state index < -0.39 is 12.1 Å². The first-order chi connectivity index (χ1) is 10.1. The number of carbonyl (C=O) groups is 2. The molecule has 0 aliphatic carbocycles. The fourth-order valence-corrected chi connectivity index (χ4v) is 2.39. The SMILES string of the molecule is Nc1ccc(N2C(=O)NC(Cc3ccccc3)C2=O)cc1. The zero-order chi connectivity index (χ0) is 14.8. The predicted octanol–water partition coefficient (Wildman–Crippen LogP) is 1.94. The number of hydrogen-bond acceptors (Lipinski definition) is 3. The van der Waals surface area contributed by atoms with Crippen molar-refractivity contribution in [2.45, 2.75) is 12.5 Å². The third-order valence-corrected chi connectivity index (χ3v) is 3.45. The lowest BCUT2D eigenvalue weighted by atomic mass is 10.1. The van der Waals surface area contributed by atoms with Crippen LogP contribution in [0.25, 0.3) is 0 Å². The Morgan fingerprint density at radius 1 is 1.00 bits per heavy atom. The van der Waals surface area contributed by atoms with Crippen molar-refractivity contribution in [3.8, 4) is 0 Å². The Kier molecular flexibility index (Phi) is 3.31. The molecule has 2 aromatic rings. The minimum Gasteiger partial charge on any atom is -0.399 e. The Balaban J connectivity index is 1.80. The summed E-state index contributed by atoms with van der Waals surface area (Å²) in [6.07, 6.45) is 0.483. The Morgan fingerprint density at radius 2 is 1.67 bits per heavy atom. The van der Waals surface area contributed by atoms with Crippen molar-refractivity contribution in [3.63, 3.8) is 0 Å². The summed E-state index contributed by atoms with van der Waals surface area (Å²) >= 11 is 0. The lowest BCUT2D eigenvalue weighted by molar-refractivity contribution is -0.118. The van der Waals surface area contributed by atoms with Crippen LogP contribution in [-0.2, 0) is 11.2 Å². The van der Waals surface area contributed by atoms with Crippen LogP contribution in [0.3, 0.4) is 0 Å². The normalized spacial score (nSPS) is 17.9. The van der Waals surface area contributed by atoms with Crippen LogP contribution in [-0.4, -0.2) is 18.0 Å². The van der Waals surface area contributed by atoms with E-state index in [9.17, 15) is 9.59 Å². The van der Waals surface area contributed by atoms with Crippen LogP contribution >= 0.6 is 0 Å². The van der Waals surface area contributed by atoms with Gasteiger partial charge < -0.3 is 11.1 Å². The summed E-state index contributed by atoms with van der Waals surface area (Å²) in [6.45, 7) is 0. The molecular weight excluding hydrogens is 266 g/mol. The first-order valence-electron chi connectivity index (χ1n) is 6.69. The first-order valence-corrected chi connectivity index (χ1v) is 6.69. The molecule has 1 aliphatic rings. The van der Waals surface area contributed by atoms with Gasteiger partial charge in [0.15, 0.2) is 0 Å². The van der Waals surface area contributed by atoms with Gasteiger partial charge in [0.2, 0.25) is 0 Å². The minimum atomic E-state index is -0.530. The number of amides is 3. The highest BCUT2D eigenvalue weighted by Crippen LogP contribution is 2.22. The molecule has 2 aromatic carbocycles. The van der Waals surface area contributed by atoms with Gasteiger partial charge in [-0.25, -0.2) is 9.69 Å². The number of nitrogens with one attached hydrogen (secondary N) is 1. The molecule has 1 fully saturated rings. The van der Waals surface area contributed by atoms with E-state index in [1.165, 1.54) is 0 Å². The summed E-state index contributed by atoms with van der Waals surface area (Å²) in [4.78, 5) is 25.6.